The third kappa shape index (κ3) is 6.19. The fourth-order valence-corrected chi connectivity index (χ4v) is 4.05. The molecule has 0 radical (unpaired) electrons. The summed E-state index contributed by atoms with van der Waals surface area (Å²) in [6, 6.07) is 13.1. The average molecular weight is 433 g/mol. The summed E-state index contributed by atoms with van der Waals surface area (Å²) in [6.07, 6.45) is 5.46. The van der Waals surface area contributed by atoms with Crippen LogP contribution in [0.1, 0.15) is 45.6 Å². The van der Waals surface area contributed by atoms with Gasteiger partial charge in [-0.15, -0.1) is 0 Å². The minimum atomic E-state index is -0.0256. The molecule has 0 bridgehead atoms. The van der Waals surface area contributed by atoms with Gasteiger partial charge < -0.3 is 9.47 Å². The van der Waals surface area contributed by atoms with Crippen molar-refractivity contribution in [2.24, 2.45) is 0 Å². The molecule has 6 nitrogen and oxygen atoms in total. The Balaban J connectivity index is 1.41. The first-order chi connectivity index (χ1) is 15.6. The normalized spacial score (nSPS) is 16.9. The largest absolute Gasteiger partial charge is 0.384 e. The fourth-order valence-electron chi connectivity index (χ4n) is 4.05. The highest BCUT2D eigenvalue weighted by Crippen LogP contribution is 2.24. The van der Waals surface area contributed by atoms with Crippen molar-refractivity contribution in [3.05, 3.63) is 88.3 Å². The van der Waals surface area contributed by atoms with Crippen LogP contribution in [0.3, 0.4) is 0 Å². The van der Waals surface area contributed by atoms with E-state index in [2.05, 4.69) is 65.1 Å². The number of benzene rings is 1. The average Bonchev–Trinajstić information content (AvgIpc) is 2.80. The highest BCUT2D eigenvalue weighted by Gasteiger charge is 2.24. The number of nitrogens with zero attached hydrogens (tertiary/aromatic N) is 4. The first-order valence-corrected chi connectivity index (χ1v) is 11.2. The smallest absolute Gasteiger partial charge is 0.130 e. The van der Waals surface area contributed by atoms with E-state index in [1.807, 2.05) is 12.4 Å². The lowest BCUT2D eigenvalue weighted by Gasteiger charge is -2.32. The number of pyridine rings is 1. The van der Waals surface area contributed by atoms with E-state index in [4.69, 9.17) is 14.5 Å². The lowest BCUT2D eigenvalue weighted by Crippen LogP contribution is -2.38. The molecule has 0 aliphatic carbocycles. The number of rotatable bonds is 8. The first kappa shape index (κ1) is 22.5. The van der Waals surface area contributed by atoms with Crippen molar-refractivity contribution in [1.82, 2.24) is 19.9 Å². The molecule has 0 saturated carbocycles. The molecule has 1 aliphatic rings. The van der Waals surface area contributed by atoms with Crippen LogP contribution in [-0.4, -0.2) is 53.3 Å². The highest BCUT2D eigenvalue weighted by atomic mass is 16.5. The Morgan fingerprint density at radius 3 is 2.56 bits per heavy atom. The predicted molar refractivity (Wildman–Crippen MR) is 125 cm³/mol. The summed E-state index contributed by atoms with van der Waals surface area (Å²) in [7, 11) is 1.69. The SMILES string of the molecule is COCCc1ncc(CN2CCO[C@@H](c3cc(Cc4ccc(C)cc4)cc(C)n3)C2)cn1. The number of ether oxygens (including phenoxy) is 2. The second-order valence-electron chi connectivity index (χ2n) is 8.55. The Kier molecular flexibility index (Phi) is 7.58. The van der Waals surface area contributed by atoms with Gasteiger partial charge in [-0.25, -0.2) is 9.97 Å². The molecule has 0 amide bonds. The van der Waals surface area contributed by atoms with Crippen LogP contribution in [0.15, 0.2) is 48.8 Å². The van der Waals surface area contributed by atoms with Crippen LogP contribution in [-0.2, 0) is 28.9 Å². The van der Waals surface area contributed by atoms with E-state index in [1.54, 1.807) is 7.11 Å². The minimum absolute atomic E-state index is 0.0256. The van der Waals surface area contributed by atoms with E-state index in [1.165, 1.54) is 16.7 Å². The zero-order valence-corrected chi connectivity index (χ0v) is 19.3. The van der Waals surface area contributed by atoms with Crippen molar-refractivity contribution in [3.63, 3.8) is 0 Å². The van der Waals surface area contributed by atoms with Gasteiger partial charge in [0.1, 0.15) is 11.9 Å². The number of hydrogen-bond donors (Lipinski definition) is 0. The molecule has 32 heavy (non-hydrogen) atoms. The Hall–Kier alpha value is -2.67. The summed E-state index contributed by atoms with van der Waals surface area (Å²) >= 11 is 0. The molecule has 3 heterocycles. The number of aromatic nitrogens is 3. The first-order valence-electron chi connectivity index (χ1n) is 11.2. The maximum atomic E-state index is 6.12. The van der Waals surface area contributed by atoms with E-state index in [-0.39, 0.29) is 6.10 Å². The molecule has 0 unspecified atom stereocenters. The van der Waals surface area contributed by atoms with Crippen molar-refractivity contribution in [2.45, 2.75) is 39.3 Å². The molecule has 0 N–H and O–H groups in total. The lowest BCUT2D eigenvalue weighted by atomic mass is 10.0. The van der Waals surface area contributed by atoms with Crippen molar-refractivity contribution >= 4 is 0 Å². The van der Waals surface area contributed by atoms with Crippen LogP contribution in [0, 0.1) is 13.8 Å². The summed E-state index contributed by atoms with van der Waals surface area (Å²) in [5, 5.41) is 0. The molecular weight excluding hydrogens is 400 g/mol. The maximum absolute atomic E-state index is 6.12. The third-order valence-corrected chi connectivity index (χ3v) is 5.74. The van der Waals surface area contributed by atoms with Crippen molar-refractivity contribution in [2.75, 3.05) is 33.4 Å². The number of methoxy groups -OCH3 is 1. The molecule has 168 valence electrons. The Bertz CT molecular complexity index is 1010. The molecule has 4 rings (SSSR count). The topological polar surface area (TPSA) is 60.4 Å². The maximum Gasteiger partial charge on any atom is 0.130 e. The lowest BCUT2D eigenvalue weighted by molar-refractivity contribution is -0.0351. The summed E-state index contributed by atoms with van der Waals surface area (Å²) in [4.78, 5) is 16.1. The minimum Gasteiger partial charge on any atom is -0.384 e. The second-order valence-corrected chi connectivity index (χ2v) is 8.55. The summed E-state index contributed by atoms with van der Waals surface area (Å²) in [6.45, 7) is 8.03. The van der Waals surface area contributed by atoms with E-state index < -0.39 is 0 Å². The van der Waals surface area contributed by atoms with Gasteiger partial charge in [0.05, 0.1) is 18.9 Å². The molecule has 1 aliphatic heterocycles. The van der Waals surface area contributed by atoms with Crippen LogP contribution in [0.2, 0.25) is 0 Å². The summed E-state index contributed by atoms with van der Waals surface area (Å²) < 4.78 is 11.2. The molecular formula is C26H32N4O2. The van der Waals surface area contributed by atoms with E-state index in [0.29, 0.717) is 13.2 Å². The highest BCUT2D eigenvalue weighted by molar-refractivity contribution is 5.31. The van der Waals surface area contributed by atoms with Gasteiger partial charge in [0.25, 0.3) is 0 Å². The second kappa shape index (κ2) is 10.8. The molecule has 3 aromatic rings. The van der Waals surface area contributed by atoms with Crippen LogP contribution >= 0.6 is 0 Å². The summed E-state index contributed by atoms with van der Waals surface area (Å²) in [5.41, 5.74) is 7.04. The Labute approximate surface area is 190 Å². The fraction of sp³-hybridized carbons (Fsp3) is 0.423. The molecule has 1 aromatic carbocycles. The molecule has 1 fully saturated rings. The van der Waals surface area contributed by atoms with Gasteiger partial charge in [0.2, 0.25) is 0 Å². The molecule has 0 spiro atoms. The Morgan fingerprint density at radius 2 is 1.81 bits per heavy atom. The molecule has 1 saturated heterocycles. The van der Waals surface area contributed by atoms with E-state index >= 15 is 0 Å². The predicted octanol–water partition coefficient (Wildman–Crippen LogP) is 3.84. The Morgan fingerprint density at radius 1 is 1.03 bits per heavy atom. The van der Waals surface area contributed by atoms with Gasteiger partial charge in [0.15, 0.2) is 0 Å². The van der Waals surface area contributed by atoms with Crippen LogP contribution in [0.25, 0.3) is 0 Å². The van der Waals surface area contributed by atoms with E-state index in [0.717, 1.165) is 55.3 Å². The number of hydrogen-bond acceptors (Lipinski definition) is 6. The zero-order valence-electron chi connectivity index (χ0n) is 19.3. The van der Waals surface area contributed by atoms with Gasteiger partial charge in [-0.3, -0.25) is 9.88 Å². The van der Waals surface area contributed by atoms with Crippen LogP contribution in [0.4, 0.5) is 0 Å². The monoisotopic (exact) mass is 432 g/mol. The standard InChI is InChI=1S/C26H32N4O2/c1-19-4-6-21(7-5-19)13-22-12-20(2)29-24(14-22)25-18-30(9-11-32-25)17-23-15-27-26(28-16-23)8-10-31-3/h4-7,12,14-16,25H,8-11,13,17-18H2,1-3H3/t25-/m1/s1. The number of morpholine rings is 1. The van der Waals surface area contributed by atoms with Gasteiger partial charge >= 0.3 is 0 Å². The van der Waals surface area contributed by atoms with Gasteiger partial charge in [-0.1, -0.05) is 29.8 Å². The molecule has 2 aromatic heterocycles. The van der Waals surface area contributed by atoms with E-state index in [9.17, 15) is 0 Å². The van der Waals surface area contributed by atoms with Crippen molar-refractivity contribution < 1.29 is 9.47 Å². The zero-order chi connectivity index (χ0) is 22.3. The van der Waals surface area contributed by atoms with Gasteiger partial charge in [-0.2, -0.15) is 0 Å². The van der Waals surface area contributed by atoms with Crippen molar-refractivity contribution in [3.8, 4) is 0 Å². The van der Waals surface area contributed by atoms with Crippen LogP contribution in [0.5, 0.6) is 0 Å². The molecule has 1 atom stereocenters. The van der Waals surface area contributed by atoms with Crippen LogP contribution < -0.4 is 0 Å². The summed E-state index contributed by atoms with van der Waals surface area (Å²) in [5.74, 6) is 0.820. The number of aryl methyl sites for hydroxylation is 2. The van der Waals surface area contributed by atoms with Gasteiger partial charge in [-0.05, 0) is 43.5 Å². The third-order valence-electron chi connectivity index (χ3n) is 5.74. The molecule has 6 heteroatoms. The quantitative estimate of drug-likeness (QED) is 0.539. The van der Waals surface area contributed by atoms with Crippen molar-refractivity contribution in [1.29, 1.82) is 0 Å². The van der Waals surface area contributed by atoms with Gasteiger partial charge in [0, 0.05) is 56.8 Å².